The van der Waals surface area contributed by atoms with Gasteiger partial charge in [0.05, 0.1) is 44.3 Å². The summed E-state index contributed by atoms with van der Waals surface area (Å²) in [4.78, 5) is 78.1. The van der Waals surface area contributed by atoms with Gasteiger partial charge < -0.3 is 0 Å². The summed E-state index contributed by atoms with van der Waals surface area (Å²) in [5.74, 6) is -16.9. The van der Waals surface area contributed by atoms with Crippen molar-refractivity contribution in [1.29, 1.82) is 0 Å². The molecular weight excluding hydrogens is 949 g/mol. The van der Waals surface area contributed by atoms with Crippen molar-refractivity contribution in [3.63, 3.8) is 0 Å². The molecule has 4 atom stereocenters. The van der Waals surface area contributed by atoms with Gasteiger partial charge in [-0.1, -0.05) is 46.0 Å². The van der Waals surface area contributed by atoms with Crippen LogP contribution in [0.2, 0.25) is 0 Å². The number of hydrogen-bond donors (Lipinski definition) is 0. The van der Waals surface area contributed by atoms with Crippen molar-refractivity contribution in [3.05, 3.63) is 80.0 Å². The van der Waals surface area contributed by atoms with Crippen molar-refractivity contribution < 1.29 is 85.6 Å². The molecule has 29 heteroatoms. The van der Waals surface area contributed by atoms with E-state index in [-0.39, 0.29) is 86.7 Å². The molecule has 2 aliphatic heterocycles. The molecule has 4 rings (SSSR count). The summed E-state index contributed by atoms with van der Waals surface area (Å²) >= 11 is 0. The Kier molecular flexibility index (Phi) is 17.5. The van der Waals surface area contributed by atoms with E-state index in [0.29, 0.717) is 24.3 Å². The fraction of sp³-hybridized carbons (Fsp3) is 0.541. The number of carbonyl (C=O) groups excluding carboxylic acids is 5. The lowest BCUT2D eigenvalue weighted by Crippen LogP contribution is -2.40. The molecule has 4 unspecified atom stereocenters. The first kappa shape index (κ1) is 52.6. The number of imide groups is 2. The van der Waals surface area contributed by atoms with Gasteiger partial charge in [-0.2, -0.15) is 31.1 Å². The van der Waals surface area contributed by atoms with Crippen LogP contribution in [0.1, 0.15) is 75.3 Å². The molecule has 0 aliphatic carbocycles. The third kappa shape index (κ3) is 13.5. The van der Waals surface area contributed by atoms with Crippen LogP contribution >= 0.6 is 0 Å². The summed E-state index contributed by atoms with van der Waals surface area (Å²) in [6.07, 6.45) is -13.9. The lowest BCUT2D eigenvalue weighted by atomic mass is 9.88. The van der Waals surface area contributed by atoms with Gasteiger partial charge in [0.15, 0.2) is 19.7 Å². The zero-order valence-corrected chi connectivity index (χ0v) is 35.7. The fourth-order valence-corrected chi connectivity index (χ4v) is 11.4. The standard InChI is InChI=1S/C37H38F8N8O11S2/c38-23-9-11-29(27(15-23)36(40,41)42)65(59,60)19-21(7-3-1-5-13-48-50-46)25-17-31(54)52(33(25)56)63-35(58)64-53-32(55)18-26(34(53)57)22(8-4-2-6-14-49-51-47)20-66(61,62)30-12-10-24(39)16-28(30)37(43,44)45/h9-12,15-16,21-22,25-26H,1-8,13-14,17-20H2. The third-order valence-electron chi connectivity index (χ3n) is 10.6. The average Bonchev–Trinajstić information content (AvgIpc) is 3.66. The minimum absolute atomic E-state index is 0.00995. The SMILES string of the molecule is [N-]=[N+]=NCCCCCC(CS(=O)(=O)c1ccc(F)cc1C(F)(F)F)C1CC(=O)N(OC(=O)ON2C(=O)CC(C(CCCCCN=[N+]=[N-])CS(=O)(=O)c3ccc(F)cc3C(F)(F)F)C2=O)C1=O. The number of halogens is 8. The number of alkyl halides is 6. The summed E-state index contributed by atoms with van der Waals surface area (Å²) < 4.78 is 164. The van der Waals surface area contributed by atoms with Gasteiger partial charge in [0, 0.05) is 35.8 Å². The van der Waals surface area contributed by atoms with Crippen LogP contribution in [0.4, 0.5) is 39.9 Å². The van der Waals surface area contributed by atoms with E-state index in [1.54, 1.807) is 0 Å². The summed E-state index contributed by atoms with van der Waals surface area (Å²) in [6.45, 7) is 0.0199. The number of unbranched alkanes of at least 4 members (excludes halogenated alkanes) is 4. The van der Waals surface area contributed by atoms with Crippen molar-refractivity contribution >= 4 is 49.5 Å². The maximum Gasteiger partial charge on any atom is 0.560 e. The molecule has 19 nitrogen and oxygen atoms in total. The fourth-order valence-electron chi connectivity index (χ4n) is 7.51. The maximum absolute atomic E-state index is 13.8. The Morgan fingerprint density at radius 1 is 0.652 bits per heavy atom. The minimum atomic E-state index is -5.35. The van der Waals surface area contributed by atoms with Gasteiger partial charge in [0.25, 0.3) is 23.6 Å². The second kappa shape index (κ2) is 22.0. The van der Waals surface area contributed by atoms with E-state index in [1.807, 2.05) is 0 Å². The molecule has 0 bridgehead atoms. The van der Waals surface area contributed by atoms with Crippen LogP contribution in [-0.4, -0.2) is 81.3 Å². The molecule has 66 heavy (non-hydrogen) atoms. The predicted molar refractivity (Wildman–Crippen MR) is 206 cm³/mol. The number of azide groups is 2. The number of sulfone groups is 2. The number of rotatable bonds is 22. The molecule has 0 spiro atoms. The monoisotopic (exact) mass is 986 g/mol. The highest BCUT2D eigenvalue weighted by atomic mass is 32.2. The van der Waals surface area contributed by atoms with Crippen LogP contribution in [0.15, 0.2) is 56.4 Å². The topological polar surface area (TPSA) is 276 Å². The Morgan fingerprint density at radius 2 is 1.02 bits per heavy atom. The van der Waals surface area contributed by atoms with E-state index in [1.165, 1.54) is 0 Å². The summed E-state index contributed by atoms with van der Waals surface area (Å²) in [5.41, 5.74) is 13.3. The molecule has 2 aromatic carbocycles. The summed E-state index contributed by atoms with van der Waals surface area (Å²) in [6, 6.07) is 1.62. The minimum Gasteiger partial charge on any atom is -0.293 e. The Hall–Kier alpha value is -6.05. The first-order valence-electron chi connectivity index (χ1n) is 19.7. The summed E-state index contributed by atoms with van der Waals surface area (Å²) in [5, 5.41) is 6.29. The first-order chi connectivity index (χ1) is 30.8. The second-order valence-electron chi connectivity index (χ2n) is 15.1. The molecule has 0 aromatic heterocycles. The van der Waals surface area contributed by atoms with Gasteiger partial charge in [-0.15, -0.1) is 0 Å². The van der Waals surface area contributed by atoms with Gasteiger partial charge in [-0.3, -0.25) is 28.9 Å². The van der Waals surface area contributed by atoms with Gasteiger partial charge in [0.1, 0.15) is 11.6 Å². The van der Waals surface area contributed by atoms with Crippen molar-refractivity contribution in [1.82, 2.24) is 10.1 Å². The smallest absolute Gasteiger partial charge is 0.293 e. The number of carbonyl (C=O) groups is 5. The number of hydrogen-bond acceptors (Lipinski definition) is 13. The van der Waals surface area contributed by atoms with Crippen molar-refractivity contribution in [2.75, 3.05) is 24.6 Å². The molecule has 0 N–H and O–H groups in total. The second-order valence-corrected chi connectivity index (χ2v) is 19.1. The number of amides is 4. The molecule has 2 heterocycles. The van der Waals surface area contributed by atoms with Crippen LogP contribution in [0, 0.1) is 35.3 Å². The Labute approximate surface area is 369 Å². The van der Waals surface area contributed by atoms with Gasteiger partial charge in [-0.25, -0.2) is 25.6 Å². The lowest BCUT2D eigenvalue weighted by Gasteiger charge is -2.23. The number of benzene rings is 2. The normalized spacial score (nSPS) is 17.9. The maximum atomic E-state index is 13.8. The highest BCUT2D eigenvalue weighted by Gasteiger charge is 2.50. The Balaban J connectivity index is 1.54. The van der Waals surface area contributed by atoms with Crippen LogP contribution in [0.5, 0.6) is 0 Å². The van der Waals surface area contributed by atoms with E-state index in [0.717, 1.165) is 0 Å². The first-order valence-corrected chi connectivity index (χ1v) is 23.0. The van der Waals surface area contributed by atoms with Crippen LogP contribution in [0.25, 0.3) is 20.9 Å². The molecule has 360 valence electrons. The highest BCUT2D eigenvalue weighted by molar-refractivity contribution is 7.91. The van der Waals surface area contributed by atoms with E-state index >= 15 is 0 Å². The van der Waals surface area contributed by atoms with Gasteiger partial charge >= 0.3 is 18.5 Å². The highest BCUT2D eigenvalue weighted by Crippen LogP contribution is 2.40. The predicted octanol–water partition coefficient (Wildman–Crippen LogP) is 7.96. The molecule has 2 aromatic rings. The summed E-state index contributed by atoms with van der Waals surface area (Å²) in [7, 11) is -10.0. The van der Waals surface area contributed by atoms with E-state index in [9.17, 15) is 75.9 Å². The number of hydroxylamine groups is 4. The molecular formula is C37H38F8N8O11S2. The largest absolute Gasteiger partial charge is 0.560 e. The molecule has 2 saturated heterocycles. The molecule has 4 amide bonds. The van der Waals surface area contributed by atoms with Crippen LogP contribution in [0.3, 0.4) is 0 Å². The van der Waals surface area contributed by atoms with E-state index in [4.69, 9.17) is 20.7 Å². The molecule has 2 aliphatic rings. The Bertz CT molecular complexity index is 2350. The van der Waals surface area contributed by atoms with Crippen LogP contribution < -0.4 is 0 Å². The lowest BCUT2D eigenvalue weighted by molar-refractivity contribution is -0.199. The van der Waals surface area contributed by atoms with Gasteiger partial charge in [-0.05, 0) is 85.0 Å². The van der Waals surface area contributed by atoms with E-state index in [2.05, 4.69) is 20.1 Å². The van der Waals surface area contributed by atoms with Crippen molar-refractivity contribution in [2.45, 2.75) is 86.4 Å². The molecule has 2 fully saturated rings. The quantitative estimate of drug-likeness (QED) is 0.0207. The average molecular weight is 987 g/mol. The molecule has 0 radical (unpaired) electrons. The number of nitrogens with zero attached hydrogens (tertiary/aromatic N) is 8. The van der Waals surface area contributed by atoms with Crippen molar-refractivity contribution in [3.8, 4) is 0 Å². The van der Waals surface area contributed by atoms with Crippen molar-refractivity contribution in [2.24, 2.45) is 33.9 Å². The third-order valence-corrected chi connectivity index (χ3v) is 14.4. The van der Waals surface area contributed by atoms with Crippen LogP contribution in [-0.2, 0) is 60.9 Å². The Morgan fingerprint density at radius 3 is 1.35 bits per heavy atom. The zero-order chi connectivity index (χ0) is 49.2. The molecule has 0 saturated carbocycles. The zero-order valence-electron chi connectivity index (χ0n) is 34.1. The van der Waals surface area contributed by atoms with Gasteiger partial charge in [0.2, 0.25) is 0 Å². The van der Waals surface area contributed by atoms with E-state index < -0.39 is 142 Å².